The van der Waals surface area contributed by atoms with E-state index < -0.39 is 29.1 Å². The molecule has 4 aliphatic rings. The van der Waals surface area contributed by atoms with Gasteiger partial charge in [-0.25, -0.2) is 0 Å². The minimum Gasteiger partial charge on any atom is -0.393 e. The van der Waals surface area contributed by atoms with Crippen LogP contribution < -0.4 is 5.32 Å². The molecular weight excluding hydrogens is 382 g/mol. The van der Waals surface area contributed by atoms with Crippen molar-refractivity contribution in [3.05, 3.63) is 23.8 Å². The molecule has 4 rings (SSSR count). The molecule has 6 nitrogen and oxygen atoms in total. The van der Waals surface area contributed by atoms with Gasteiger partial charge >= 0.3 is 0 Å². The summed E-state index contributed by atoms with van der Waals surface area (Å²) in [6, 6.07) is 0. The quantitative estimate of drug-likeness (QED) is 0.559. The highest BCUT2D eigenvalue weighted by molar-refractivity contribution is 6.01. The van der Waals surface area contributed by atoms with E-state index in [0.717, 1.165) is 31.3 Å². The van der Waals surface area contributed by atoms with Crippen molar-refractivity contribution < 1.29 is 24.9 Å². The van der Waals surface area contributed by atoms with Crippen molar-refractivity contribution in [2.75, 3.05) is 6.54 Å². The van der Waals surface area contributed by atoms with Gasteiger partial charge in [0, 0.05) is 23.3 Å². The lowest BCUT2D eigenvalue weighted by Gasteiger charge is -2.60. The van der Waals surface area contributed by atoms with Gasteiger partial charge in [0.2, 0.25) is 0 Å². The topological polar surface area (TPSA) is 107 Å². The Morgan fingerprint density at radius 1 is 1.33 bits per heavy atom. The standard InChI is InChI=1S/C24H35NO5/c1-4-11-25-21(29)20(28)24(30)10-8-17-16-6-5-14-12-15(26)7-9-22(14,2)19(16)18(27)13-23(17,24)3/h7,9,12,16-20,27-28,30H,4-6,8,10-11,13H2,1-3H3,(H,25,29)/t16-,17-,18-,19?,20+,22-,23-,24-/m0/s1. The van der Waals surface area contributed by atoms with Crippen LogP contribution in [0.15, 0.2) is 23.8 Å². The van der Waals surface area contributed by atoms with Crippen molar-refractivity contribution in [2.24, 2.45) is 28.6 Å². The summed E-state index contributed by atoms with van der Waals surface area (Å²) in [7, 11) is 0. The molecule has 4 N–H and O–H groups in total. The van der Waals surface area contributed by atoms with Crippen molar-refractivity contribution in [1.82, 2.24) is 5.32 Å². The minimum absolute atomic E-state index is 0.00696. The van der Waals surface area contributed by atoms with Crippen LogP contribution in [-0.4, -0.2) is 51.4 Å². The van der Waals surface area contributed by atoms with Gasteiger partial charge < -0.3 is 20.6 Å². The van der Waals surface area contributed by atoms with E-state index in [2.05, 4.69) is 12.2 Å². The predicted octanol–water partition coefficient (Wildman–Crippen LogP) is 1.88. The number of aliphatic hydroxyl groups is 3. The lowest BCUT2D eigenvalue weighted by molar-refractivity contribution is -0.200. The number of fused-ring (bicyclic) bond motifs is 5. The molecule has 0 radical (unpaired) electrons. The van der Waals surface area contributed by atoms with E-state index in [4.69, 9.17) is 0 Å². The van der Waals surface area contributed by atoms with Crippen LogP contribution in [0.3, 0.4) is 0 Å². The molecule has 4 aliphatic carbocycles. The first kappa shape index (κ1) is 21.7. The van der Waals surface area contributed by atoms with E-state index in [1.54, 1.807) is 12.2 Å². The van der Waals surface area contributed by atoms with Gasteiger partial charge in [0.15, 0.2) is 11.9 Å². The van der Waals surface area contributed by atoms with E-state index in [0.29, 0.717) is 19.4 Å². The van der Waals surface area contributed by atoms with Crippen LogP contribution in [0.4, 0.5) is 0 Å². The Bertz CT molecular complexity index is 805. The number of hydrogen-bond acceptors (Lipinski definition) is 5. The Balaban J connectivity index is 1.66. The number of aliphatic hydroxyl groups excluding tert-OH is 2. The Labute approximate surface area is 178 Å². The molecule has 166 valence electrons. The summed E-state index contributed by atoms with van der Waals surface area (Å²) in [4.78, 5) is 24.4. The molecule has 0 bridgehead atoms. The molecule has 0 spiro atoms. The van der Waals surface area contributed by atoms with Crippen molar-refractivity contribution in [2.45, 2.75) is 77.1 Å². The molecule has 1 amide bonds. The SMILES string of the molecule is CCCNC(=O)[C@@H](O)[C@@]1(O)CC[C@H]2[C@@H]3CCC4=CC(=O)C=C[C@]4(C)C3[C@@H](O)C[C@@]21C. The summed E-state index contributed by atoms with van der Waals surface area (Å²) in [5.74, 6) is -0.291. The molecular formula is C24H35NO5. The van der Waals surface area contributed by atoms with Gasteiger partial charge in [0.1, 0.15) is 5.60 Å². The zero-order chi connectivity index (χ0) is 21.9. The third-order valence-electron chi connectivity index (χ3n) is 8.96. The second-order valence-corrected chi connectivity index (χ2v) is 10.4. The highest BCUT2D eigenvalue weighted by Gasteiger charge is 2.68. The number of nitrogens with one attached hydrogen (secondary N) is 1. The number of amides is 1. The van der Waals surface area contributed by atoms with Crippen LogP contribution in [0.1, 0.15) is 59.3 Å². The van der Waals surface area contributed by atoms with Crippen molar-refractivity contribution in [3.8, 4) is 0 Å². The first-order valence-corrected chi connectivity index (χ1v) is 11.4. The summed E-state index contributed by atoms with van der Waals surface area (Å²) in [6.07, 6.45) is 6.90. The predicted molar refractivity (Wildman–Crippen MR) is 112 cm³/mol. The third-order valence-corrected chi connectivity index (χ3v) is 8.96. The fourth-order valence-corrected chi connectivity index (χ4v) is 7.37. The number of carbonyl (C=O) groups is 2. The van der Waals surface area contributed by atoms with Gasteiger partial charge in [-0.15, -0.1) is 0 Å². The summed E-state index contributed by atoms with van der Waals surface area (Å²) in [5.41, 5.74) is -1.58. The smallest absolute Gasteiger partial charge is 0.251 e. The fraction of sp³-hybridized carbons (Fsp3) is 0.750. The summed E-state index contributed by atoms with van der Waals surface area (Å²) in [6.45, 7) is 6.44. The van der Waals surface area contributed by atoms with E-state index >= 15 is 0 Å². The molecule has 0 aromatic heterocycles. The molecule has 3 fully saturated rings. The number of allylic oxidation sites excluding steroid dienone is 4. The normalized spacial score (nSPS) is 45.8. The molecule has 8 atom stereocenters. The maximum atomic E-state index is 12.5. The molecule has 0 heterocycles. The lowest BCUT2D eigenvalue weighted by atomic mass is 9.46. The van der Waals surface area contributed by atoms with Crippen molar-refractivity contribution in [1.29, 1.82) is 0 Å². The Morgan fingerprint density at radius 3 is 2.77 bits per heavy atom. The maximum absolute atomic E-state index is 12.5. The van der Waals surface area contributed by atoms with E-state index in [1.807, 2.05) is 19.9 Å². The van der Waals surface area contributed by atoms with Gasteiger partial charge in [-0.05, 0) is 62.5 Å². The van der Waals surface area contributed by atoms with E-state index in [9.17, 15) is 24.9 Å². The summed E-state index contributed by atoms with van der Waals surface area (Å²) < 4.78 is 0. The highest BCUT2D eigenvalue weighted by atomic mass is 16.4. The zero-order valence-electron chi connectivity index (χ0n) is 18.2. The largest absolute Gasteiger partial charge is 0.393 e. The second kappa shape index (κ2) is 7.28. The molecule has 6 heteroatoms. The van der Waals surface area contributed by atoms with E-state index in [1.165, 1.54) is 0 Å². The van der Waals surface area contributed by atoms with E-state index in [-0.39, 0.29) is 29.0 Å². The molecule has 30 heavy (non-hydrogen) atoms. The molecule has 0 aromatic rings. The lowest BCUT2D eigenvalue weighted by Crippen LogP contribution is -2.64. The Kier molecular flexibility index (Phi) is 5.27. The van der Waals surface area contributed by atoms with Gasteiger partial charge in [-0.1, -0.05) is 32.4 Å². The molecule has 0 saturated heterocycles. The average molecular weight is 418 g/mol. The summed E-state index contributed by atoms with van der Waals surface area (Å²) in [5, 5.41) is 36.5. The first-order chi connectivity index (χ1) is 14.1. The van der Waals surface area contributed by atoms with Gasteiger partial charge in [-0.2, -0.15) is 0 Å². The van der Waals surface area contributed by atoms with Crippen LogP contribution in [0.25, 0.3) is 0 Å². The maximum Gasteiger partial charge on any atom is 0.251 e. The van der Waals surface area contributed by atoms with Crippen LogP contribution in [0.5, 0.6) is 0 Å². The van der Waals surface area contributed by atoms with Gasteiger partial charge in [0.05, 0.1) is 6.10 Å². The molecule has 3 saturated carbocycles. The number of ketones is 1. The molecule has 0 aliphatic heterocycles. The van der Waals surface area contributed by atoms with Crippen molar-refractivity contribution in [3.63, 3.8) is 0 Å². The zero-order valence-corrected chi connectivity index (χ0v) is 18.2. The van der Waals surface area contributed by atoms with Crippen LogP contribution in [0.2, 0.25) is 0 Å². The highest BCUT2D eigenvalue weighted by Crippen LogP contribution is 2.67. The average Bonchev–Trinajstić information content (AvgIpc) is 2.97. The molecule has 1 unspecified atom stereocenters. The van der Waals surface area contributed by atoms with Gasteiger partial charge in [0.25, 0.3) is 5.91 Å². The fourth-order valence-electron chi connectivity index (χ4n) is 7.37. The first-order valence-electron chi connectivity index (χ1n) is 11.4. The number of rotatable bonds is 4. The van der Waals surface area contributed by atoms with Crippen LogP contribution in [0, 0.1) is 28.6 Å². The second-order valence-electron chi connectivity index (χ2n) is 10.4. The van der Waals surface area contributed by atoms with Crippen LogP contribution >= 0.6 is 0 Å². The summed E-state index contributed by atoms with van der Waals surface area (Å²) >= 11 is 0. The Morgan fingerprint density at radius 2 is 2.07 bits per heavy atom. The number of carbonyl (C=O) groups excluding carboxylic acids is 2. The van der Waals surface area contributed by atoms with Crippen molar-refractivity contribution >= 4 is 11.7 Å². The van der Waals surface area contributed by atoms with Crippen LogP contribution in [-0.2, 0) is 9.59 Å². The number of hydrogen-bond donors (Lipinski definition) is 4. The monoisotopic (exact) mass is 417 g/mol. The Hall–Kier alpha value is -1.50. The third kappa shape index (κ3) is 2.87. The minimum atomic E-state index is -1.56. The van der Waals surface area contributed by atoms with Gasteiger partial charge in [-0.3, -0.25) is 9.59 Å². The molecule has 0 aromatic carbocycles.